The summed E-state index contributed by atoms with van der Waals surface area (Å²) in [7, 11) is 0. The van der Waals surface area contributed by atoms with Gasteiger partial charge in [-0.1, -0.05) is 43.2 Å². The molecule has 3 aliphatic rings. The standard InChI is InChI=1S/C23H31N3O3/c1-17(27)26-16-15-25(14-13-24-21(28)19-9-5-6-10-20(19)26)22(29)23(11-12-23)18-7-3-2-4-8-18/h2-4,7-8,19-20H,5-6,9-16H2,1H3,(H,24,28)/t19-,20+/m0/s1. The number of benzene rings is 1. The van der Waals surface area contributed by atoms with Crippen molar-refractivity contribution in [2.24, 2.45) is 5.92 Å². The molecular formula is C23H31N3O3. The molecule has 0 unspecified atom stereocenters. The molecule has 2 aliphatic carbocycles. The fourth-order valence-electron chi connectivity index (χ4n) is 5.15. The highest BCUT2D eigenvalue weighted by atomic mass is 16.2. The minimum absolute atomic E-state index is 0.00753. The fourth-order valence-corrected chi connectivity index (χ4v) is 5.15. The Morgan fingerprint density at radius 2 is 1.76 bits per heavy atom. The number of rotatable bonds is 2. The minimum atomic E-state index is -0.427. The second-order valence-electron chi connectivity index (χ2n) is 8.70. The Balaban J connectivity index is 1.55. The summed E-state index contributed by atoms with van der Waals surface area (Å²) in [4.78, 5) is 42.4. The first-order valence-corrected chi connectivity index (χ1v) is 10.9. The van der Waals surface area contributed by atoms with Crippen molar-refractivity contribution >= 4 is 17.7 Å². The van der Waals surface area contributed by atoms with E-state index in [-0.39, 0.29) is 29.7 Å². The monoisotopic (exact) mass is 397 g/mol. The van der Waals surface area contributed by atoms with Crippen LogP contribution < -0.4 is 5.32 Å². The Kier molecular flexibility index (Phi) is 5.61. The van der Waals surface area contributed by atoms with Gasteiger partial charge in [0.1, 0.15) is 0 Å². The van der Waals surface area contributed by atoms with Crippen LogP contribution in [0.1, 0.15) is 51.0 Å². The van der Waals surface area contributed by atoms with Gasteiger partial charge in [-0.3, -0.25) is 14.4 Å². The van der Waals surface area contributed by atoms with Crippen molar-refractivity contribution in [1.82, 2.24) is 15.1 Å². The van der Waals surface area contributed by atoms with E-state index in [1.165, 1.54) is 0 Å². The molecule has 3 fully saturated rings. The van der Waals surface area contributed by atoms with Gasteiger partial charge in [-0.25, -0.2) is 0 Å². The number of nitrogens with one attached hydrogen (secondary N) is 1. The van der Waals surface area contributed by atoms with Gasteiger partial charge < -0.3 is 15.1 Å². The summed E-state index contributed by atoms with van der Waals surface area (Å²) in [6.45, 7) is 3.56. The molecule has 156 valence electrons. The molecule has 3 amide bonds. The normalized spacial score (nSPS) is 26.9. The molecule has 2 saturated carbocycles. The summed E-state index contributed by atoms with van der Waals surface area (Å²) in [6, 6.07) is 9.93. The summed E-state index contributed by atoms with van der Waals surface area (Å²) < 4.78 is 0. The maximum atomic E-state index is 13.5. The predicted molar refractivity (Wildman–Crippen MR) is 110 cm³/mol. The van der Waals surface area contributed by atoms with Gasteiger partial charge in [-0.2, -0.15) is 0 Å². The minimum Gasteiger partial charge on any atom is -0.354 e. The molecule has 1 N–H and O–H groups in total. The first-order valence-electron chi connectivity index (χ1n) is 10.9. The lowest BCUT2D eigenvalue weighted by Crippen LogP contribution is -2.55. The van der Waals surface area contributed by atoms with Crippen molar-refractivity contribution in [3.05, 3.63) is 35.9 Å². The summed E-state index contributed by atoms with van der Waals surface area (Å²) in [5.74, 6) is 0.0162. The first kappa shape index (κ1) is 19.9. The van der Waals surface area contributed by atoms with Gasteiger partial charge in [-0.05, 0) is 31.2 Å². The topological polar surface area (TPSA) is 69.7 Å². The van der Waals surface area contributed by atoms with Crippen LogP contribution in [-0.4, -0.2) is 59.7 Å². The van der Waals surface area contributed by atoms with Crippen LogP contribution in [0.2, 0.25) is 0 Å². The third kappa shape index (κ3) is 3.89. The van der Waals surface area contributed by atoms with Crippen molar-refractivity contribution in [3.8, 4) is 0 Å². The average Bonchev–Trinajstić information content (AvgIpc) is 3.55. The molecule has 1 saturated heterocycles. The highest BCUT2D eigenvalue weighted by molar-refractivity contribution is 5.91. The molecule has 2 atom stereocenters. The lowest BCUT2D eigenvalue weighted by atomic mass is 9.82. The molecule has 29 heavy (non-hydrogen) atoms. The van der Waals surface area contributed by atoms with Crippen LogP contribution >= 0.6 is 0 Å². The van der Waals surface area contributed by atoms with Crippen LogP contribution in [0.3, 0.4) is 0 Å². The zero-order valence-electron chi connectivity index (χ0n) is 17.2. The van der Waals surface area contributed by atoms with Gasteiger partial charge in [-0.15, -0.1) is 0 Å². The molecule has 1 aromatic carbocycles. The molecule has 6 heteroatoms. The molecule has 1 heterocycles. The van der Waals surface area contributed by atoms with E-state index in [1.54, 1.807) is 6.92 Å². The third-order valence-electron chi connectivity index (χ3n) is 6.94. The molecule has 1 aliphatic heterocycles. The maximum absolute atomic E-state index is 13.5. The van der Waals surface area contributed by atoms with E-state index >= 15 is 0 Å². The Labute approximate surface area is 172 Å². The van der Waals surface area contributed by atoms with E-state index in [1.807, 2.05) is 40.1 Å². The van der Waals surface area contributed by atoms with Crippen molar-refractivity contribution in [2.45, 2.75) is 56.9 Å². The summed E-state index contributed by atoms with van der Waals surface area (Å²) in [6.07, 6.45) is 5.49. The quantitative estimate of drug-likeness (QED) is 0.831. The molecule has 4 rings (SSSR count). The van der Waals surface area contributed by atoms with Gasteiger partial charge >= 0.3 is 0 Å². The van der Waals surface area contributed by atoms with Crippen LogP contribution in [0.4, 0.5) is 0 Å². The van der Waals surface area contributed by atoms with Crippen LogP contribution in [0.5, 0.6) is 0 Å². The van der Waals surface area contributed by atoms with Gasteiger partial charge in [0.05, 0.1) is 11.3 Å². The molecule has 0 aromatic heterocycles. The summed E-state index contributed by atoms with van der Waals surface area (Å²) >= 11 is 0. The Morgan fingerprint density at radius 1 is 1.03 bits per heavy atom. The number of hydrogen-bond donors (Lipinski definition) is 1. The van der Waals surface area contributed by atoms with Crippen LogP contribution in [0.15, 0.2) is 30.3 Å². The van der Waals surface area contributed by atoms with Gasteiger partial charge in [0.2, 0.25) is 17.7 Å². The maximum Gasteiger partial charge on any atom is 0.233 e. The molecule has 1 aromatic rings. The number of fused-ring (bicyclic) bond motifs is 1. The SMILES string of the molecule is CC(=O)N1CCN(C(=O)C2(c3ccccc3)CC2)CCNC(=O)[C@H]2CCCC[C@H]21. The Bertz CT molecular complexity index is 775. The Hall–Kier alpha value is -2.37. The van der Waals surface area contributed by atoms with Crippen molar-refractivity contribution in [1.29, 1.82) is 0 Å². The number of carbonyl (C=O) groups is 3. The highest BCUT2D eigenvalue weighted by Crippen LogP contribution is 2.49. The summed E-state index contributed by atoms with van der Waals surface area (Å²) in [5, 5.41) is 3.04. The van der Waals surface area contributed by atoms with Crippen LogP contribution in [0, 0.1) is 5.92 Å². The predicted octanol–water partition coefficient (Wildman–Crippen LogP) is 2.08. The van der Waals surface area contributed by atoms with Crippen molar-refractivity contribution in [2.75, 3.05) is 26.2 Å². The van der Waals surface area contributed by atoms with E-state index in [2.05, 4.69) is 5.32 Å². The molecule has 6 nitrogen and oxygen atoms in total. The average molecular weight is 398 g/mol. The highest BCUT2D eigenvalue weighted by Gasteiger charge is 2.53. The number of hydrogen-bond acceptors (Lipinski definition) is 3. The first-order chi connectivity index (χ1) is 14.0. The summed E-state index contributed by atoms with van der Waals surface area (Å²) in [5.41, 5.74) is 0.644. The van der Waals surface area contributed by atoms with E-state index in [9.17, 15) is 14.4 Å². The largest absolute Gasteiger partial charge is 0.354 e. The lowest BCUT2D eigenvalue weighted by molar-refractivity contribution is -0.141. The zero-order valence-corrected chi connectivity index (χ0v) is 17.2. The van der Waals surface area contributed by atoms with Gasteiger partial charge in [0.25, 0.3) is 0 Å². The number of carbonyl (C=O) groups excluding carboxylic acids is 3. The van der Waals surface area contributed by atoms with Gasteiger partial charge in [0, 0.05) is 39.1 Å². The third-order valence-corrected chi connectivity index (χ3v) is 6.94. The second-order valence-corrected chi connectivity index (χ2v) is 8.70. The van der Waals surface area contributed by atoms with E-state index < -0.39 is 5.41 Å². The second kappa shape index (κ2) is 8.17. The Morgan fingerprint density at radius 3 is 2.45 bits per heavy atom. The zero-order chi connectivity index (χ0) is 20.4. The lowest BCUT2D eigenvalue weighted by Gasteiger charge is -2.41. The molecular weight excluding hydrogens is 366 g/mol. The van der Waals surface area contributed by atoms with Crippen molar-refractivity contribution < 1.29 is 14.4 Å². The number of nitrogens with zero attached hydrogens (tertiary/aromatic N) is 2. The fraction of sp³-hybridized carbons (Fsp3) is 0.609. The van der Waals surface area contributed by atoms with E-state index in [0.717, 1.165) is 44.1 Å². The van der Waals surface area contributed by atoms with Crippen LogP contribution in [0.25, 0.3) is 0 Å². The van der Waals surface area contributed by atoms with Crippen molar-refractivity contribution in [3.63, 3.8) is 0 Å². The molecule has 0 radical (unpaired) electrons. The van der Waals surface area contributed by atoms with E-state index in [0.29, 0.717) is 26.2 Å². The van der Waals surface area contributed by atoms with E-state index in [4.69, 9.17) is 0 Å². The van der Waals surface area contributed by atoms with Crippen LogP contribution in [-0.2, 0) is 19.8 Å². The number of amides is 3. The molecule has 0 spiro atoms. The smallest absolute Gasteiger partial charge is 0.233 e. The molecule has 0 bridgehead atoms. The van der Waals surface area contributed by atoms with Gasteiger partial charge in [0.15, 0.2) is 0 Å².